The van der Waals surface area contributed by atoms with Crippen LogP contribution in [0.25, 0.3) is 0 Å². The highest BCUT2D eigenvalue weighted by atomic mass is 16.5. The predicted molar refractivity (Wildman–Crippen MR) is 96.9 cm³/mol. The van der Waals surface area contributed by atoms with Crippen LogP contribution in [0, 0.1) is 0 Å². The quantitative estimate of drug-likeness (QED) is 0.815. The van der Waals surface area contributed by atoms with Gasteiger partial charge in [-0.3, -0.25) is 14.7 Å². The predicted octanol–water partition coefficient (Wildman–Crippen LogP) is 1.77. The summed E-state index contributed by atoms with van der Waals surface area (Å²) in [6, 6.07) is 9.54. The minimum Gasteiger partial charge on any atom is -0.489 e. The monoisotopic (exact) mass is 356 g/mol. The number of rotatable bonds is 7. The van der Waals surface area contributed by atoms with Gasteiger partial charge in [-0.15, -0.1) is 0 Å². The number of nitrogens with one attached hydrogen (secondary N) is 1. The number of likely N-dealkylation sites (tertiary alicyclic amines) is 1. The first-order valence-electron chi connectivity index (χ1n) is 8.70. The number of ether oxygens (including phenoxy) is 2. The number of methoxy groups -OCH3 is 1. The largest absolute Gasteiger partial charge is 0.489 e. The van der Waals surface area contributed by atoms with Gasteiger partial charge in [-0.2, -0.15) is 0 Å². The van der Waals surface area contributed by atoms with Crippen molar-refractivity contribution in [1.29, 1.82) is 0 Å². The number of nitrogens with zero attached hydrogens (tertiary/aromatic N) is 3. The molecular weight excluding hydrogens is 332 g/mol. The first-order valence-corrected chi connectivity index (χ1v) is 8.70. The van der Waals surface area contributed by atoms with Crippen molar-refractivity contribution in [3.8, 4) is 11.6 Å². The van der Waals surface area contributed by atoms with Gasteiger partial charge < -0.3 is 14.8 Å². The third kappa shape index (κ3) is 5.16. The van der Waals surface area contributed by atoms with Crippen molar-refractivity contribution < 1.29 is 14.3 Å². The molecule has 1 N–H and O–H groups in total. The molecule has 3 heterocycles. The molecule has 2 aromatic heterocycles. The first-order chi connectivity index (χ1) is 12.6. The van der Waals surface area contributed by atoms with E-state index in [0.29, 0.717) is 12.4 Å². The van der Waals surface area contributed by atoms with E-state index in [2.05, 4.69) is 20.2 Å². The zero-order valence-electron chi connectivity index (χ0n) is 15.1. The second-order valence-corrected chi connectivity index (χ2v) is 6.33. The minimum absolute atomic E-state index is 0.0734. The molecule has 1 atom stereocenters. The van der Waals surface area contributed by atoms with Crippen molar-refractivity contribution in [1.82, 2.24) is 20.2 Å². The molecule has 1 fully saturated rings. The number of aromatic nitrogens is 2. The van der Waals surface area contributed by atoms with Gasteiger partial charge in [-0.05, 0) is 18.6 Å². The molecule has 1 aliphatic rings. The molecule has 7 heteroatoms. The molecule has 1 aliphatic heterocycles. The molecular formula is C19H24N4O3. The normalized spacial score (nSPS) is 17.1. The summed E-state index contributed by atoms with van der Waals surface area (Å²) in [6.07, 6.45) is 2.81. The Morgan fingerprint density at radius 3 is 3.04 bits per heavy atom. The van der Waals surface area contributed by atoms with Crippen molar-refractivity contribution in [2.45, 2.75) is 32.5 Å². The number of carbonyl (C=O) groups excluding carboxylic acids is 1. The van der Waals surface area contributed by atoms with E-state index in [1.54, 1.807) is 13.3 Å². The lowest BCUT2D eigenvalue weighted by atomic mass is 10.3. The van der Waals surface area contributed by atoms with Gasteiger partial charge in [-0.1, -0.05) is 6.07 Å². The van der Waals surface area contributed by atoms with Gasteiger partial charge in [0, 0.05) is 44.9 Å². The van der Waals surface area contributed by atoms with Crippen molar-refractivity contribution >= 4 is 5.91 Å². The standard InChI is InChI=1S/C19H24N4O3/c1-14(24)21-11-16-10-17(6-8-20-16)26-18-7-9-23(13-18)12-15-4-3-5-19(22-15)25-2/h3-6,8,10,18H,7,9,11-13H2,1-2H3,(H,21,24). The molecule has 7 nitrogen and oxygen atoms in total. The van der Waals surface area contributed by atoms with Crippen LogP contribution in [0.5, 0.6) is 11.6 Å². The molecule has 2 aromatic rings. The van der Waals surface area contributed by atoms with Gasteiger partial charge in [0.2, 0.25) is 11.8 Å². The fourth-order valence-corrected chi connectivity index (χ4v) is 2.96. The van der Waals surface area contributed by atoms with E-state index in [1.807, 2.05) is 30.3 Å². The van der Waals surface area contributed by atoms with Crippen molar-refractivity contribution in [2.24, 2.45) is 0 Å². The van der Waals surface area contributed by atoms with Crippen LogP contribution >= 0.6 is 0 Å². The van der Waals surface area contributed by atoms with E-state index in [4.69, 9.17) is 9.47 Å². The van der Waals surface area contributed by atoms with Gasteiger partial charge in [0.15, 0.2) is 0 Å². The molecule has 138 valence electrons. The first kappa shape index (κ1) is 18.1. The summed E-state index contributed by atoms with van der Waals surface area (Å²) < 4.78 is 11.3. The smallest absolute Gasteiger partial charge is 0.217 e. The fraction of sp³-hybridized carbons (Fsp3) is 0.421. The van der Waals surface area contributed by atoms with Crippen molar-refractivity contribution in [3.05, 3.63) is 47.9 Å². The lowest BCUT2D eigenvalue weighted by molar-refractivity contribution is -0.119. The summed E-state index contributed by atoms with van der Waals surface area (Å²) >= 11 is 0. The third-order valence-corrected chi connectivity index (χ3v) is 4.21. The highest BCUT2D eigenvalue weighted by molar-refractivity contribution is 5.72. The van der Waals surface area contributed by atoms with Crippen LogP contribution in [-0.2, 0) is 17.9 Å². The van der Waals surface area contributed by atoms with Gasteiger partial charge in [0.05, 0.1) is 25.0 Å². The summed E-state index contributed by atoms with van der Waals surface area (Å²) in [6.45, 7) is 4.49. The Morgan fingerprint density at radius 2 is 2.23 bits per heavy atom. The van der Waals surface area contributed by atoms with E-state index in [-0.39, 0.29) is 12.0 Å². The molecule has 0 aliphatic carbocycles. The summed E-state index contributed by atoms with van der Waals surface area (Å²) in [5.41, 5.74) is 1.78. The number of hydrogen-bond donors (Lipinski definition) is 1. The Balaban J connectivity index is 1.52. The van der Waals surface area contributed by atoms with Gasteiger partial charge in [0.25, 0.3) is 0 Å². The highest BCUT2D eigenvalue weighted by Gasteiger charge is 2.24. The number of hydrogen-bond acceptors (Lipinski definition) is 6. The van der Waals surface area contributed by atoms with E-state index < -0.39 is 0 Å². The van der Waals surface area contributed by atoms with Crippen LogP contribution < -0.4 is 14.8 Å². The Labute approximate surface area is 153 Å². The maximum atomic E-state index is 11.0. The van der Waals surface area contributed by atoms with Crippen LogP contribution in [0.3, 0.4) is 0 Å². The maximum absolute atomic E-state index is 11.0. The average molecular weight is 356 g/mol. The van der Waals surface area contributed by atoms with Crippen LogP contribution in [0.1, 0.15) is 24.7 Å². The fourth-order valence-electron chi connectivity index (χ4n) is 2.96. The second-order valence-electron chi connectivity index (χ2n) is 6.33. The Morgan fingerprint density at radius 1 is 1.35 bits per heavy atom. The lowest BCUT2D eigenvalue weighted by Gasteiger charge is -2.17. The summed E-state index contributed by atoms with van der Waals surface area (Å²) in [4.78, 5) is 22.1. The molecule has 0 spiro atoms. The summed E-state index contributed by atoms with van der Waals surface area (Å²) in [5.74, 6) is 1.35. The topological polar surface area (TPSA) is 76.6 Å². The molecule has 1 amide bonds. The SMILES string of the molecule is COc1cccc(CN2CCC(Oc3ccnc(CNC(C)=O)c3)C2)n1. The molecule has 0 saturated carbocycles. The van der Waals surface area contributed by atoms with Gasteiger partial charge >= 0.3 is 0 Å². The maximum Gasteiger partial charge on any atom is 0.217 e. The Bertz CT molecular complexity index is 753. The van der Waals surface area contributed by atoms with Crippen molar-refractivity contribution in [3.63, 3.8) is 0 Å². The molecule has 1 unspecified atom stereocenters. The van der Waals surface area contributed by atoms with Crippen LogP contribution in [-0.4, -0.2) is 47.1 Å². The molecule has 1 saturated heterocycles. The van der Waals surface area contributed by atoms with Crippen molar-refractivity contribution in [2.75, 3.05) is 20.2 Å². The van der Waals surface area contributed by atoms with Gasteiger partial charge in [0.1, 0.15) is 11.9 Å². The van der Waals surface area contributed by atoms with E-state index in [0.717, 1.165) is 43.2 Å². The van der Waals surface area contributed by atoms with Crippen LogP contribution in [0.15, 0.2) is 36.5 Å². The molecule has 0 bridgehead atoms. The molecule has 0 aromatic carbocycles. The lowest BCUT2D eigenvalue weighted by Crippen LogP contribution is -2.25. The minimum atomic E-state index is -0.0734. The Kier molecular flexibility index (Phi) is 6.01. The molecule has 0 radical (unpaired) electrons. The van der Waals surface area contributed by atoms with Crippen LogP contribution in [0.4, 0.5) is 0 Å². The second kappa shape index (κ2) is 8.62. The molecule has 26 heavy (non-hydrogen) atoms. The zero-order chi connectivity index (χ0) is 18.4. The zero-order valence-corrected chi connectivity index (χ0v) is 15.1. The highest BCUT2D eigenvalue weighted by Crippen LogP contribution is 2.20. The third-order valence-electron chi connectivity index (χ3n) is 4.21. The van der Waals surface area contributed by atoms with Gasteiger partial charge in [-0.25, -0.2) is 4.98 Å². The Hall–Kier alpha value is -2.67. The molecule has 3 rings (SSSR count). The summed E-state index contributed by atoms with van der Waals surface area (Å²) in [5, 5.41) is 2.74. The average Bonchev–Trinajstić information content (AvgIpc) is 3.07. The van der Waals surface area contributed by atoms with E-state index >= 15 is 0 Å². The van der Waals surface area contributed by atoms with E-state index in [1.165, 1.54) is 6.92 Å². The van der Waals surface area contributed by atoms with E-state index in [9.17, 15) is 4.79 Å². The summed E-state index contributed by atoms with van der Waals surface area (Å²) in [7, 11) is 1.63. The number of amides is 1. The number of carbonyl (C=O) groups is 1. The number of pyridine rings is 2. The van der Waals surface area contributed by atoms with Crippen LogP contribution in [0.2, 0.25) is 0 Å².